The van der Waals surface area contributed by atoms with E-state index >= 15 is 0 Å². The number of thiocarbonyl (C=S) groups is 1. The van der Waals surface area contributed by atoms with Crippen LogP contribution in [0.15, 0.2) is 78.9 Å². The van der Waals surface area contributed by atoms with E-state index in [9.17, 15) is 5.26 Å². The molecular formula is C21H16ClN3S. The standard InChI is InChI=1S/C21H16ClN3S/c22-20-13-17(25-21(26)24-16-9-5-2-6-10-16)11-12-18(20)19(14-23)15-7-3-1-4-8-15/h1-13,19H,(H2,24,25,26). The second-order valence-electron chi connectivity index (χ2n) is 5.65. The van der Waals surface area contributed by atoms with Gasteiger partial charge < -0.3 is 10.6 Å². The summed E-state index contributed by atoms with van der Waals surface area (Å²) in [6.07, 6.45) is 0. The SMILES string of the molecule is N#CC(c1ccccc1)c1ccc(NC(=S)Nc2ccccc2)cc1Cl. The third-order valence-corrected chi connectivity index (χ3v) is 4.39. The van der Waals surface area contributed by atoms with Crippen LogP contribution in [0.3, 0.4) is 0 Å². The third kappa shape index (κ3) is 4.40. The van der Waals surface area contributed by atoms with Crippen LogP contribution in [0.5, 0.6) is 0 Å². The van der Waals surface area contributed by atoms with E-state index in [0.717, 1.165) is 22.5 Å². The number of nitrogens with zero attached hydrogens (tertiary/aromatic N) is 1. The molecule has 0 aromatic heterocycles. The lowest BCUT2D eigenvalue weighted by Crippen LogP contribution is -2.19. The van der Waals surface area contributed by atoms with E-state index in [1.54, 1.807) is 6.07 Å². The Morgan fingerprint density at radius 1 is 0.885 bits per heavy atom. The minimum absolute atomic E-state index is 0.410. The van der Waals surface area contributed by atoms with E-state index < -0.39 is 5.92 Å². The normalized spacial score (nSPS) is 11.2. The zero-order valence-corrected chi connectivity index (χ0v) is 15.4. The van der Waals surface area contributed by atoms with Gasteiger partial charge in [0.25, 0.3) is 0 Å². The van der Waals surface area contributed by atoms with Crippen molar-refractivity contribution in [3.8, 4) is 6.07 Å². The molecule has 0 amide bonds. The van der Waals surface area contributed by atoms with E-state index in [1.807, 2.05) is 72.8 Å². The van der Waals surface area contributed by atoms with Crippen molar-refractivity contribution in [1.29, 1.82) is 5.26 Å². The molecule has 5 heteroatoms. The van der Waals surface area contributed by atoms with Crippen LogP contribution in [0.1, 0.15) is 17.0 Å². The van der Waals surface area contributed by atoms with Crippen molar-refractivity contribution in [2.45, 2.75) is 5.92 Å². The first kappa shape index (κ1) is 17.9. The van der Waals surface area contributed by atoms with E-state index in [1.165, 1.54) is 0 Å². The first-order valence-electron chi connectivity index (χ1n) is 8.04. The van der Waals surface area contributed by atoms with E-state index in [4.69, 9.17) is 23.8 Å². The first-order valence-corrected chi connectivity index (χ1v) is 8.83. The van der Waals surface area contributed by atoms with Gasteiger partial charge in [0.05, 0.1) is 12.0 Å². The highest BCUT2D eigenvalue weighted by Gasteiger charge is 2.16. The van der Waals surface area contributed by atoms with Gasteiger partial charge in [-0.25, -0.2) is 0 Å². The van der Waals surface area contributed by atoms with E-state index in [-0.39, 0.29) is 0 Å². The Balaban J connectivity index is 1.75. The fourth-order valence-electron chi connectivity index (χ4n) is 2.62. The number of halogens is 1. The highest BCUT2D eigenvalue weighted by molar-refractivity contribution is 7.80. The zero-order valence-electron chi connectivity index (χ0n) is 13.8. The Morgan fingerprint density at radius 2 is 1.50 bits per heavy atom. The molecule has 3 aromatic rings. The van der Waals surface area contributed by atoms with Crippen LogP contribution >= 0.6 is 23.8 Å². The molecule has 2 N–H and O–H groups in total. The molecule has 1 atom stereocenters. The highest BCUT2D eigenvalue weighted by atomic mass is 35.5. The van der Waals surface area contributed by atoms with Crippen LogP contribution in [-0.2, 0) is 0 Å². The van der Waals surface area contributed by atoms with Gasteiger partial charge in [-0.05, 0) is 47.6 Å². The maximum Gasteiger partial charge on any atom is 0.175 e. The maximum absolute atomic E-state index is 9.58. The lowest BCUT2D eigenvalue weighted by molar-refractivity contribution is 1.04. The number of nitrogens with one attached hydrogen (secondary N) is 2. The fourth-order valence-corrected chi connectivity index (χ4v) is 3.15. The van der Waals surface area contributed by atoms with Crippen LogP contribution in [0.25, 0.3) is 0 Å². The number of benzene rings is 3. The number of rotatable bonds is 4. The highest BCUT2D eigenvalue weighted by Crippen LogP contribution is 2.31. The van der Waals surface area contributed by atoms with Crippen molar-refractivity contribution in [3.63, 3.8) is 0 Å². The van der Waals surface area contributed by atoms with Gasteiger partial charge in [0.2, 0.25) is 0 Å². The minimum atomic E-state index is -0.410. The van der Waals surface area contributed by atoms with Gasteiger partial charge in [-0.15, -0.1) is 0 Å². The van der Waals surface area contributed by atoms with Gasteiger partial charge in [-0.1, -0.05) is 66.2 Å². The molecule has 0 saturated heterocycles. The molecule has 3 aromatic carbocycles. The van der Waals surface area contributed by atoms with Gasteiger partial charge in [-0.2, -0.15) is 5.26 Å². The van der Waals surface area contributed by atoms with Crippen molar-refractivity contribution >= 4 is 40.3 Å². The second kappa shape index (κ2) is 8.48. The van der Waals surface area contributed by atoms with Gasteiger partial charge in [0.15, 0.2) is 5.11 Å². The van der Waals surface area contributed by atoms with E-state index in [0.29, 0.717) is 10.1 Å². The van der Waals surface area contributed by atoms with Gasteiger partial charge in [-0.3, -0.25) is 0 Å². The zero-order chi connectivity index (χ0) is 18.4. The summed E-state index contributed by atoms with van der Waals surface area (Å²) in [6.45, 7) is 0. The minimum Gasteiger partial charge on any atom is -0.332 e. The predicted molar refractivity (Wildman–Crippen MR) is 112 cm³/mol. The van der Waals surface area contributed by atoms with Gasteiger partial charge in [0, 0.05) is 16.4 Å². The van der Waals surface area contributed by atoms with Crippen LogP contribution in [0.2, 0.25) is 5.02 Å². The maximum atomic E-state index is 9.58. The summed E-state index contributed by atoms with van der Waals surface area (Å²) in [4.78, 5) is 0. The van der Waals surface area contributed by atoms with Crippen molar-refractivity contribution in [2.24, 2.45) is 0 Å². The molecular weight excluding hydrogens is 362 g/mol. The second-order valence-corrected chi connectivity index (χ2v) is 6.47. The molecule has 0 fully saturated rings. The summed E-state index contributed by atoms with van der Waals surface area (Å²) < 4.78 is 0. The fraction of sp³-hybridized carbons (Fsp3) is 0.0476. The average molecular weight is 378 g/mol. The molecule has 128 valence electrons. The number of para-hydroxylation sites is 1. The summed E-state index contributed by atoms with van der Waals surface area (Å²) in [5.74, 6) is -0.410. The van der Waals surface area contributed by atoms with Crippen LogP contribution < -0.4 is 10.6 Å². The summed E-state index contributed by atoms with van der Waals surface area (Å²) in [5.41, 5.74) is 3.35. The van der Waals surface area contributed by atoms with Crippen molar-refractivity contribution in [2.75, 3.05) is 10.6 Å². The van der Waals surface area contributed by atoms with Crippen molar-refractivity contribution in [1.82, 2.24) is 0 Å². The number of hydrogen-bond acceptors (Lipinski definition) is 2. The molecule has 3 rings (SSSR count). The molecule has 0 bridgehead atoms. The molecule has 0 spiro atoms. The third-order valence-electron chi connectivity index (χ3n) is 3.86. The quantitative estimate of drug-likeness (QED) is 0.564. The molecule has 0 aliphatic rings. The Labute approximate surface area is 163 Å². The first-order chi connectivity index (χ1) is 12.7. The Hall–Kier alpha value is -2.87. The number of nitriles is 1. The smallest absolute Gasteiger partial charge is 0.175 e. The van der Waals surface area contributed by atoms with Crippen LogP contribution in [0, 0.1) is 11.3 Å². The summed E-state index contributed by atoms with van der Waals surface area (Å²) in [7, 11) is 0. The summed E-state index contributed by atoms with van der Waals surface area (Å²) >= 11 is 11.8. The molecule has 3 nitrogen and oxygen atoms in total. The largest absolute Gasteiger partial charge is 0.332 e. The molecule has 1 unspecified atom stereocenters. The monoisotopic (exact) mass is 377 g/mol. The lowest BCUT2D eigenvalue weighted by Gasteiger charge is -2.15. The van der Waals surface area contributed by atoms with Crippen LogP contribution in [-0.4, -0.2) is 5.11 Å². The Bertz CT molecular complexity index is 936. The molecule has 0 heterocycles. The summed E-state index contributed by atoms with van der Waals surface area (Å²) in [6, 6.07) is 27.1. The Kier molecular flexibility index (Phi) is 5.85. The lowest BCUT2D eigenvalue weighted by atomic mass is 9.92. The molecule has 26 heavy (non-hydrogen) atoms. The topological polar surface area (TPSA) is 47.9 Å². The average Bonchev–Trinajstić information content (AvgIpc) is 2.65. The van der Waals surface area contributed by atoms with E-state index in [2.05, 4.69) is 16.7 Å². The number of hydrogen-bond donors (Lipinski definition) is 2. The molecule has 0 saturated carbocycles. The van der Waals surface area contributed by atoms with Crippen molar-refractivity contribution < 1.29 is 0 Å². The van der Waals surface area contributed by atoms with Crippen molar-refractivity contribution in [3.05, 3.63) is 95.0 Å². The molecule has 0 aliphatic carbocycles. The van der Waals surface area contributed by atoms with Gasteiger partial charge in [0.1, 0.15) is 0 Å². The Morgan fingerprint density at radius 3 is 2.12 bits per heavy atom. The number of anilines is 2. The molecule has 0 aliphatic heterocycles. The molecule has 0 radical (unpaired) electrons. The predicted octanol–water partition coefficient (Wildman–Crippen LogP) is 5.80. The van der Waals surface area contributed by atoms with Crippen LogP contribution in [0.4, 0.5) is 11.4 Å². The summed E-state index contributed by atoms with van der Waals surface area (Å²) in [5, 5.41) is 16.8. The van der Waals surface area contributed by atoms with Gasteiger partial charge >= 0.3 is 0 Å².